The Labute approximate surface area is 159 Å². The van der Waals surface area contributed by atoms with Crippen molar-refractivity contribution in [3.05, 3.63) is 82.2 Å². The van der Waals surface area contributed by atoms with Crippen LogP contribution in [0.15, 0.2) is 69.8 Å². The van der Waals surface area contributed by atoms with Crippen LogP contribution in [0, 0.1) is 5.41 Å². The molecule has 5 nitrogen and oxygen atoms in total. The number of hydrogen-bond donors (Lipinski definition) is 3. The average molecular weight is 375 g/mol. The van der Waals surface area contributed by atoms with Gasteiger partial charge in [0.05, 0.1) is 6.42 Å². The van der Waals surface area contributed by atoms with Crippen LogP contribution in [0.25, 0.3) is 11.0 Å². The highest BCUT2D eigenvalue weighted by Gasteiger charge is 2.15. The van der Waals surface area contributed by atoms with Crippen LogP contribution >= 0.6 is 11.3 Å². The maximum Gasteiger partial charge on any atom is 0.228 e. The van der Waals surface area contributed by atoms with Crippen molar-refractivity contribution in [1.82, 2.24) is 0 Å². The molecular weight excluding hydrogens is 358 g/mol. The molecule has 0 saturated carbocycles. The Morgan fingerprint density at radius 2 is 2.00 bits per heavy atom. The molecule has 0 radical (unpaired) electrons. The van der Waals surface area contributed by atoms with E-state index in [-0.39, 0.29) is 11.6 Å². The molecule has 0 aliphatic carbocycles. The van der Waals surface area contributed by atoms with E-state index in [1.807, 2.05) is 47.2 Å². The van der Waals surface area contributed by atoms with Crippen LogP contribution in [0.5, 0.6) is 0 Å². The highest BCUT2D eigenvalue weighted by Crippen LogP contribution is 2.25. The number of amides is 1. The van der Waals surface area contributed by atoms with E-state index in [0.29, 0.717) is 29.1 Å². The van der Waals surface area contributed by atoms with Gasteiger partial charge in [-0.2, -0.15) is 11.3 Å². The second kappa shape index (κ2) is 7.09. The van der Waals surface area contributed by atoms with E-state index in [1.165, 1.54) is 0 Å². The molecule has 0 atom stereocenters. The summed E-state index contributed by atoms with van der Waals surface area (Å²) in [6, 6.07) is 16.5. The third-order valence-corrected chi connectivity index (χ3v) is 4.96. The Morgan fingerprint density at radius 1 is 1.15 bits per heavy atom. The summed E-state index contributed by atoms with van der Waals surface area (Å²) in [6.45, 7) is 0. The third kappa shape index (κ3) is 3.61. The van der Waals surface area contributed by atoms with Gasteiger partial charge in [0, 0.05) is 22.3 Å². The van der Waals surface area contributed by atoms with Gasteiger partial charge in [-0.25, -0.2) is 0 Å². The fourth-order valence-corrected chi connectivity index (χ4v) is 3.54. The lowest BCUT2D eigenvalue weighted by molar-refractivity contribution is -0.115. The van der Waals surface area contributed by atoms with Crippen LogP contribution in [0.1, 0.15) is 16.9 Å². The minimum atomic E-state index is -0.112. The lowest BCUT2D eigenvalue weighted by Gasteiger charge is -2.10. The third-order valence-electron chi connectivity index (χ3n) is 4.22. The number of thiophene rings is 1. The van der Waals surface area contributed by atoms with Gasteiger partial charge in [-0.05, 0) is 52.7 Å². The zero-order valence-electron chi connectivity index (χ0n) is 14.4. The van der Waals surface area contributed by atoms with Crippen LogP contribution in [-0.4, -0.2) is 11.6 Å². The molecule has 2 heterocycles. The second-order valence-electron chi connectivity index (χ2n) is 6.18. The largest absolute Gasteiger partial charge is 0.454 e. The lowest BCUT2D eigenvalue weighted by atomic mass is 10.0. The monoisotopic (exact) mass is 375 g/mol. The molecule has 6 heteroatoms. The van der Waals surface area contributed by atoms with E-state index in [1.54, 1.807) is 29.5 Å². The van der Waals surface area contributed by atoms with Crippen LogP contribution < -0.4 is 11.1 Å². The minimum Gasteiger partial charge on any atom is -0.454 e. The molecule has 134 valence electrons. The fraction of sp³-hybridized carbons (Fsp3) is 0.0476. The SMILES string of the molecule is N=C(c1cc2ccccc2o1)c1cc(NC(=O)Cc2ccsc2)ccc1N. The van der Waals surface area contributed by atoms with Gasteiger partial charge in [0.1, 0.15) is 11.3 Å². The van der Waals surface area contributed by atoms with Gasteiger partial charge in [-0.15, -0.1) is 0 Å². The maximum absolute atomic E-state index is 12.2. The zero-order chi connectivity index (χ0) is 18.8. The Bertz CT molecular complexity index is 1100. The van der Waals surface area contributed by atoms with Crippen molar-refractivity contribution in [1.29, 1.82) is 5.41 Å². The molecule has 27 heavy (non-hydrogen) atoms. The number of carbonyl (C=O) groups is 1. The number of anilines is 2. The van der Waals surface area contributed by atoms with Crippen molar-refractivity contribution >= 4 is 45.3 Å². The van der Waals surface area contributed by atoms with Gasteiger partial charge >= 0.3 is 0 Å². The molecule has 0 unspecified atom stereocenters. The van der Waals surface area contributed by atoms with E-state index < -0.39 is 0 Å². The average Bonchev–Trinajstić information content (AvgIpc) is 3.32. The number of hydrogen-bond acceptors (Lipinski definition) is 5. The summed E-state index contributed by atoms with van der Waals surface area (Å²) >= 11 is 1.56. The number of furan rings is 1. The topological polar surface area (TPSA) is 92.1 Å². The summed E-state index contributed by atoms with van der Waals surface area (Å²) in [4.78, 5) is 12.2. The fourth-order valence-electron chi connectivity index (χ4n) is 2.87. The molecule has 2 aromatic heterocycles. The summed E-state index contributed by atoms with van der Waals surface area (Å²) in [6.07, 6.45) is 0.310. The number of nitrogens with two attached hydrogens (primary N) is 1. The summed E-state index contributed by atoms with van der Waals surface area (Å²) in [7, 11) is 0. The van der Waals surface area contributed by atoms with Crippen LogP contribution in [0.4, 0.5) is 11.4 Å². The van der Waals surface area contributed by atoms with Crippen LogP contribution in [0.2, 0.25) is 0 Å². The minimum absolute atomic E-state index is 0.112. The van der Waals surface area contributed by atoms with E-state index in [2.05, 4.69) is 5.32 Å². The van der Waals surface area contributed by atoms with Gasteiger partial charge in [-0.1, -0.05) is 18.2 Å². The normalized spacial score (nSPS) is 10.8. The van der Waals surface area contributed by atoms with Crippen molar-refractivity contribution in [2.45, 2.75) is 6.42 Å². The molecule has 0 aliphatic heterocycles. The Balaban J connectivity index is 1.58. The number of para-hydroxylation sites is 1. The molecule has 4 aromatic rings. The van der Waals surface area contributed by atoms with Gasteiger partial charge in [-0.3, -0.25) is 10.2 Å². The Kier molecular flexibility index (Phi) is 4.48. The molecule has 4 rings (SSSR count). The molecule has 0 saturated heterocycles. The zero-order valence-corrected chi connectivity index (χ0v) is 15.2. The Morgan fingerprint density at radius 3 is 2.78 bits per heavy atom. The maximum atomic E-state index is 12.2. The first kappa shape index (κ1) is 17.1. The molecule has 0 aliphatic rings. The molecule has 0 bridgehead atoms. The number of carbonyl (C=O) groups excluding carboxylic acids is 1. The highest BCUT2D eigenvalue weighted by atomic mass is 32.1. The van der Waals surface area contributed by atoms with Gasteiger partial charge in [0.2, 0.25) is 5.91 Å². The number of nitrogen functional groups attached to an aromatic ring is 1. The van der Waals surface area contributed by atoms with Crippen molar-refractivity contribution in [3.8, 4) is 0 Å². The first-order valence-corrected chi connectivity index (χ1v) is 9.33. The first-order chi connectivity index (χ1) is 13.1. The number of nitrogens with one attached hydrogen (secondary N) is 2. The predicted octanol–water partition coefficient (Wildman–Crippen LogP) is 4.67. The smallest absolute Gasteiger partial charge is 0.228 e. The van der Waals surface area contributed by atoms with Crippen molar-refractivity contribution in [2.75, 3.05) is 11.1 Å². The summed E-state index contributed by atoms with van der Waals surface area (Å²) in [5.41, 5.74) is 9.51. The molecular formula is C21H17N3O2S. The lowest BCUT2D eigenvalue weighted by Crippen LogP contribution is -2.15. The number of benzene rings is 2. The molecule has 2 aromatic carbocycles. The van der Waals surface area contributed by atoms with Crippen LogP contribution in [0.3, 0.4) is 0 Å². The quantitative estimate of drug-likeness (QED) is 0.349. The number of fused-ring (bicyclic) bond motifs is 1. The standard InChI is InChI=1S/C21H17N3O2S/c22-17-6-5-15(24-20(25)9-13-7-8-27-12-13)11-16(17)21(23)19-10-14-3-1-2-4-18(14)26-19/h1-8,10-12,23H,9,22H2,(H,24,25). The van der Waals surface area contributed by atoms with Crippen molar-refractivity contribution in [2.24, 2.45) is 0 Å². The molecule has 0 spiro atoms. The van der Waals surface area contributed by atoms with E-state index in [4.69, 9.17) is 15.6 Å². The first-order valence-electron chi connectivity index (χ1n) is 8.38. The van der Waals surface area contributed by atoms with Crippen LogP contribution in [-0.2, 0) is 11.2 Å². The molecule has 0 fully saturated rings. The predicted molar refractivity (Wildman–Crippen MR) is 110 cm³/mol. The summed E-state index contributed by atoms with van der Waals surface area (Å²) in [5, 5.41) is 16.2. The van der Waals surface area contributed by atoms with Gasteiger partial charge in [0.15, 0.2) is 5.76 Å². The molecule has 1 amide bonds. The van der Waals surface area contributed by atoms with Gasteiger partial charge in [0.25, 0.3) is 0 Å². The van der Waals surface area contributed by atoms with E-state index in [0.717, 1.165) is 16.5 Å². The Hall–Kier alpha value is -3.38. The highest BCUT2D eigenvalue weighted by molar-refractivity contribution is 7.08. The molecule has 4 N–H and O–H groups in total. The number of rotatable bonds is 5. The second-order valence-corrected chi connectivity index (χ2v) is 6.96. The summed E-state index contributed by atoms with van der Waals surface area (Å²) < 4.78 is 5.76. The van der Waals surface area contributed by atoms with E-state index >= 15 is 0 Å². The van der Waals surface area contributed by atoms with E-state index in [9.17, 15) is 4.79 Å². The van der Waals surface area contributed by atoms with Gasteiger partial charge < -0.3 is 15.5 Å². The van der Waals surface area contributed by atoms with Crippen molar-refractivity contribution < 1.29 is 9.21 Å². The summed E-state index contributed by atoms with van der Waals surface area (Å²) in [5.74, 6) is 0.323. The van der Waals surface area contributed by atoms with Crippen molar-refractivity contribution in [3.63, 3.8) is 0 Å².